The first kappa shape index (κ1) is 21.0. The molecule has 0 aromatic heterocycles. The maximum atomic E-state index is 13.2. The molecule has 0 aliphatic carbocycles. The number of benzene rings is 3. The van der Waals surface area contributed by atoms with Gasteiger partial charge in [0.15, 0.2) is 0 Å². The maximum absolute atomic E-state index is 13.2. The molecule has 0 saturated heterocycles. The monoisotopic (exact) mass is 393 g/mol. The summed E-state index contributed by atoms with van der Waals surface area (Å²) in [6, 6.07) is 22.7. The van der Waals surface area contributed by atoms with Crippen molar-refractivity contribution in [1.29, 1.82) is 0 Å². The molecule has 0 saturated carbocycles. The smallest absolute Gasteiger partial charge is 0.123 e. The second kappa shape index (κ2) is 10.2. The van der Waals surface area contributed by atoms with E-state index in [-0.39, 0.29) is 12.4 Å². The Labute approximate surface area is 172 Å². The van der Waals surface area contributed by atoms with Crippen molar-refractivity contribution >= 4 is 0 Å². The number of para-hydroxylation sites is 1. The van der Waals surface area contributed by atoms with Crippen LogP contribution in [0.25, 0.3) is 0 Å². The van der Waals surface area contributed by atoms with E-state index in [9.17, 15) is 9.50 Å². The van der Waals surface area contributed by atoms with Crippen LogP contribution in [-0.4, -0.2) is 29.3 Å². The Morgan fingerprint density at radius 3 is 2.07 bits per heavy atom. The molecule has 29 heavy (non-hydrogen) atoms. The number of ether oxygens (including phenoxy) is 1. The van der Waals surface area contributed by atoms with E-state index in [1.807, 2.05) is 31.2 Å². The summed E-state index contributed by atoms with van der Waals surface area (Å²) in [4.78, 5) is 2.16. The number of nitrogens with zero attached hydrogens (tertiary/aromatic N) is 1. The highest BCUT2D eigenvalue weighted by molar-refractivity contribution is 5.31. The highest BCUT2D eigenvalue weighted by Crippen LogP contribution is 2.17. The molecular weight excluding hydrogens is 365 g/mol. The van der Waals surface area contributed by atoms with Gasteiger partial charge in [0.25, 0.3) is 0 Å². The summed E-state index contributed by atoms with van der Waals surface area (Å²) in [6.45, 7) is 6.04. The summed E-state index contributed by atoms with van der Waals surface area (Å²) in [5.41, 5.74) is 4.43. The van der Waals surface area contributed by atoms with E-state index in [1.165, 1.54) is 23.3 Å². The van der Waals surface area contributed by atoms with Gasteiger partial charge in [0.05, 0.1) is 0 Å². The average molecular weight is 394 g/mol. The largest absolute Gasteiger partial charge is 0.491 e. The molecule has 3 rings (SSSR count). The van der Waals surface area contributed by atoms with E-state index in [0.29, 0.717) is 19.6 Å². The number of aliphatic hydroxyl groups is 1. The van der Waals surface area contributed by atoms with Gasteiger partial charge in [-0.2, -0.15) is 0 Å². The second-order valence-corrected chi connectivity index (χ2v) is 7.51. The normalized spacial score (nSPS) is 12.2. The Kier molecular flexibility index (Phi) is 7.39. The molecule has 0 amide bonds. The Morgan fingerprint density at radius 1 is 0.862 bits per heavy atom. The lowest BCUT2D eigenvalue weighted by atomic mass is 10.1. The Hall–Kier alpha value is -2.69. The van der Waals surface area contributed by atoms with Gasteiger partial charge in [-0.15, -0.1) is 0 Å². The third kappa shape index (κ3) is 6.70. The van der Waals surface area contributed by atoms with E-state index in [1.54, 1.807) is 12.1 Å². The molecule has 1 N–H and O–H groups in total. The van der Waals surface area contributed by atoms with Crippen LogP contribution in [0.4, 0.5) is 4.39 Å². The first-order chi connectivity index (χ1) is 14.0. The minimum absolute atomic E-state index is 0.221. The van der Waals surface area contributed by atoms with Crippen LogP contribution in [0.2, 0.25) is 0 Å². The van der Waals surface area contributed by atoms with Crippen molar-refractivity contribution in [2.45, 2.75) is 33.0 Å². The number of rotatable bonds is 9. The molecule has 0 fully saturated rings. The van der Waals surface area contributed by atoms with Crippen LogP contribution >= 0.6 is 0 Å². The first-order valence-corrected chi connectivity index (χ1v) is 9.88. The topological polar surface area (TPSA) is 32.7 Å². The molecular formula is C25H28FNO2. The van der Waals surface area contributed by atoms with Crippen molar-refractivity contribution in [2.75, 3.05) is 13.2 Å². The lowest BCUT2D eigenvalue weighted by molar-refractivity contribution is 0.0626. The summed E-state index contributed by atoms with van der Waals surface area (Å²) in [5.74, 6) is 0.542. The fourth-order valence-electron chi connectivity index (χ4n) is 3.24. The molecule has 4 heteroatoms. The van der Waals surface area contributed by atoms with Crippen molar-refractivity contribution in [3.05, 3.63) is 101 Å². The van der Waals surface area contributed by atoms with E-state index >= 15 is 0 Å². The first-order valence-electron chi connectivity index (χ1n) is 9.88. The quantitative estimate of drug-likeness (QED) is 0.562. The zero-order valence-electron chi connectivity index (χ0n) is 17.0. The Balaban J connectivity index is 1.65. The summed E-state index contributed by atoms with van der Waals surface area (Å²) in [5, 5.41) is 10.6. The molecule has 0 bridgehead atoms. The molecule has 0 unspecified atom stereocenters. The Bertz CT molecular complexity index is 846. The SMILES string of the molecule is Cc1ccc(CN(Cc2ccc(F)cc2)C[C@H](O)COc2ccccc2C)cc1. The van der Waals surface area contributed by atoms with Gasteiger partial charge >= 0.3 is 0 Å². The predicted molar refractivity (Wildman–Crippen MR) is 114 cm³/mol. The van der Waals surface area contributed by atoms with Gasteiger partial charge in [-0.3, -0.25) is 4.90 Å². The Morgan fingerprint density at radius 2 is 1.45 bits per heavy atom. The van der Waals surface area contributed by atoms with Crippen molar-refractivity contribution < 1.29 is 14.2 Å². The lowest BCUT2D eigenvalue weighted by Crippen LogP contribution is -2.35. The number of aliphatic hydroxyl groups excluding tert-OH is 1. The molecule has 3 aromatic carbocycles. The summed E-state index contributed by atoms with van der Waals surface area (Å²) >= 11 is 0. The summed E-state index contributed by atoms with van der Waals surface area (Å²) in [6.07, 6.45) is -0.638. The highest BCUT2D eigenvalue weighted by Gasteiger charge is 2.14. The molecule has 0 radical (unpaired) electrons. The number of aryl methyl sites for hydroxylation is 2. The lowest BCUT2D eigenvalue weighted by Gasteiger charge is -2.25. The highest BCUT2D eigenvalue weighted by atomic mass is 19.1. The molecule has 3 nitrogen and oxygen atoms in total. The fraction of sp³-hybridized carbons (Fsp3) is 0.280. The van der Waals surface area contributed by atoms with Crippen LogP contribution < -0.4 is 4.74 Å². The molecule has 0 spiro atoms. The maximum Gasteiger partial charge on any atom is 0.123 e. The van der Waals surface area contributed by atoms with E-state index in [0.717, 1.165) is 16.9 Å². The van der Waals surface area contributed by atoms with Gasteiger partial charge in [0.2, 0.25) is 0 Å². The van der Waals surface area contributed by atoms with Crippen LogP contribution in [0.3, 0.4) is 0 Å². The van der Waals surface area contributed by atoms with Crippen LogP contribution in [-0.2, 0) is 13.1 Å². The number of halogens is 1. The van der Waals surface area contributed by atoms with Crippen LogP contribution in [0.5, 0.6) is 5.75 Å². The number of hydrogen-bond acceptors (Lipinski definition) is 3. The zero-order valence-corrected chi connectivity index (χ0v) is 17.0. The summed E-state index contributed by atoms with van der Waals surface area (Å²) in [7, 11) is 0. The molecule has 0 aliphatic heterocycles. The van der Waals surface area contributed by atoms with Gasteiger partial charge < -0.3 is 9.84 Å². The van der Waals surface area contributed by atoms with Crippen molar-refractivity contribution in [1.82, 2.24) is 4.90 Å². The molecule has 1 atom stereocenters. The van der Waals surface area contributed by atoms with Crippen LogP contribution in [0.15, 0.2) is 72.8 Å². The van der Waals surface area contributed by atoms with Crippen molar-refractivity contribution in [3.63, 3.8) is 0 Å². The minimum atomic E-state index is -0.638. The van der Waals surface area contributed by atoms with E-state index in [4.69, 9.17) is 4.74 Å². The fourth-order valence-corrected chi connectivity index (χ4v) is 3.24. The molecule has 0 aliphatic rings. The molecule has 0 heterocycles. The number of hydrogen-bond donors (Lipinski definition) is 1. The van der Waals surface area contributed by atoms with Crippen LogP contribution in [0, 0.1) is 19.7 Å². The van der Waals surface area contributed by atoms with Gasteiger partial charge in [0.1, 0.15) is 24.3 Å². The predicted octanol–water partition coefficient (Wildman–Crippen LogP) is 4.88. The van der Waals surface area contributed by atoms with Crippen molar-refractivity contribution in [2.24, 2.45) is 0 Å². The van der Waals surface area contributed by atoms with Gasteiger partial charge in [0, 0.05) is 19.6 Å². The minimum Gasteiger partial charge on any atom is -0.491 e. The third-order valence-corrected chi connectivity index (χ3v) is 4.84. The molecule has 3 aromatic rings. The standard InChI is InChI=1S/C25H28FNO2/c1-19-7-9-21(10-8-19)15-27(16-22-11-13-23(26)14-12-22)17-24(28)18-29-25-6-4-3-5-20(25)2/h3-14,24,28H,15-18H2,1-2H3/t24-/m0/s1. The van der Waals surface area contributed by atoms with Gasteiger partial charge in [-0.05, 0) is 48.7 Å². The van der Waals surface area contributed by atoms with E-state index in [2.05, 4.69) is 36.1 Å². The summed E-state index contributed by atoms with van der Waals surface area (Å²) < 4.78 is 19.0. The second-order valence-electron chi connectivity index (χ2n) is 7.51. The van der Waals surface area contributed by atoms with Crippen LogP contribution in [0.1, 0.15) is 22.3 Å². The zero-order chi connectivity index (χ0) is 20.6. The van der Waals surface area contributed by atoms with Gasteiger partial charge in [-0.25, -0.2) is 4.39 Å². The van der Waals surface area contributed by atoms with E-state index < -0.39 is 6.10 Å². The van der Waals surface area contributed by atoms with Gasteiger partial charge in [-0.1, -0.05) is 60.2 Å². The van der Waals surface area contributed by atoms with Crippen molar-refractivity contribution in [3.8, 4) is 5.75 Å². The average Bonchev–Trinajstić information content (AvgIpc) is 2.71. The third-order valence-electron chi connectivity index (χ3n) is 4.84. The molecule has 152 valence electrons.